The first-order chi connectivity index (χ1) is 5.29. The lowest BCUT2D eigenvalue weighted by Gasteiger charge is -1.87. The lowest BCUT2D eigenvalue weighted by molar-refractivity contribution is -0.131. The highest BCUT2D eigenvalue weighted by molar-refractivity contribution is 5.85. The second-order valence-corrected chi connectivity index (χ2v) is 2.08. The quantitative estimate of drug-likeness (QED) is 0.716. The SMILES string of the molecule is Cl.O=C(O)C=Cc1ccccc1. The molecule has 0 amide bonds. The molecule has 0 aliphatic heterocycles. The van der Waals surface area contributed by atoms with E-state index in [2.05, 4.69) is 0 Å². The molecule has 1 rings (SSSR count). The maximum Gasteiger partial charge on any atom is 0.328 e. The number of aliphatic carboxylic acids is 1. The summed E-state index contributed by atoms with van der Waals surface area (Å²) >= 11 is 0. The molecule has 0 aliphatic rings. The van der Waals surface area contributed by atoms with E-state index in [4.69, 9.17) is 5.11 Å². The van der Waals surface area contributed by atoms with E-state index in [0.717, 1.165) is 11.6 Å². The van der Waals surface area contributed by atoms with Crippen molar-refractivity contribution in [3.05, 3.63) is 42.0 Å². The molecule has 0 spiro atoms. The molecule has 3 heteroatoms. The number of halogens is 1. The maximum atomic E-state index is 10.1. The summed E-state index contributed by atoms with van der Waals surface area (Å²) in [5.41, 5.74) is 0.898. The van der Waals surface area contributed by atoms with Crippen LogP contribution in [0.15, 0.2) is 36.4 Å². The third kappa shape index (κ3) is 3.78. The summed E-state index contributed by atoms with van der Waals surface area (Å²) in [6, 6.07) is 9.31. The molecule has 0 aromatic heterocycles. The van der Waals surface area contributed by atoms with Crippen molar-refractivity contribution >= 4 is 24.5 Å². The zero-order valence-electron chi connectivity index (χ0n) is 6.31. The van der Waals surface area contributed by atoms with Gasteiger partial charge in [-0.05, 0) is 11.6 Å². The summed E-state index contributed by atoms with van der Waals surface area (Å²) in [4.78, 5) is 10.1. The molecule has 0 atom stereocenters. The number of rotatable bonds is 2. The molecule has 12 heavy (non-hydrogen) atoms. The van der Waals surface area contributed by atoms with Gasteiger partial charge in [-0.1, -0.05) is 30.3 Å². The predicted octanol–water partition coefficient (Wildman–Crippen LogP) is 2.21. The Morgan fingerprint density at radius 3 is 2.33 bits per heavy atom. The fourth-order valence-electron chi connectivity index (χ4n) is 0.732. The van der Waals surface area contributed by atoms with Crippen molar-refractivity contribution in [2.24, 2.45) is 0 Å². The first-order valence-corrected chi connectivity index (χ1v) is 3.25. The van der Waals surface area contributed by atoms with Gasteiger partial charge >= 0.3 is 5.97 Å². The van der Waals surface area contributed by atoms with Crippen LogP contribution in [0.5, 0.6) is 0 Å². The van der Waals surface area contributed by atoms with Gasteiger partial charge in [0.25, 0.3) is 0 Å². The molecule has 2 nitrogen and oxygen atoms in total. The Bertz CT molecular complexity index is 267. The summed E-state index contributed by atoms with van der Waals surface area (Å²) in [5, 5.41) is 8.29. The average molecular weight is 185 g/mol. The Kier molecular flexibility index (Phi) is 4.81. The van der Waals surface area contributed by atoms with Gasteiger partial charge in [0.2, 0.25) is 0 Å². The molecule has 0 aliphatic carbocycles. The standard InChI is InChI=1S/C9H8O2.ClH/c10-9(11)7-6-8-4-2-1-3-5-8;/h1-7H,(H,10,11);1H. The zero-order valence-corrected chi connectivity index (χ0v) is 7.12. The molecule has 0 unspecified atom stereocenters. The molecule has 1 aromatic rings. The molecular weight excluding hydrogens is 176 g/mol. The van der Waals surface area contributed by atoms with Crippen LogP contribution in [0.4, 0.5) is 0 Å². The van der Waals surface area contributed by atoms with E-state index >= 15 is 0 Å². The fraction of sp³-hybridized carbons (Fsp3) is 0. The molecule has 0 radical (unpaired) electrons. The number of carboxylic acid groups (broad SMARTS) is 1. The normalized spacial score (nSPS) is 9.33. The van der Waals surface area contributed by atoms with E-state index < -0.39 is 5.97 Å². The van der Waals surface area contributed by atoms with E-state index in [1.807, 2.05) is 30.3 Å². The highest BCUT2D eigenvalue weighted by Crippen LogP contribution is 1.99. The summed E-state index contributed by atoms with van der Waals surface area (Å²) in [7, 11) is 0. The van der Waals surface area contributed by atoms with Gasteiger partial charge in [-0.3, -0.25) is 0 Å². The first-order valence-electron chi connectivity index (χ1n) is 3.25. The fourth-order valence-corrected chi connectivity index (χ4v) is 0.732. The Morgan fingerprint density at radius 2 is 1.83 bits per heavy atom. The highest BCUT2D eigenvalue weighted by Gasteiger charge is 1.85. The van der Waals surface area contributed by atoms with Gasteiger partial charge in [0.15, 0.2) is 0 Å². The van der Waals surface area contributed by atoms with Crippen molar-refractivity contribution in [1.82, 2.24) is 0 Å². The minimum atomic E-state index is -0.922. The molecule has 64 valence electrons. The van der Waals surface area contributed by atoms with Gasteiger partial charge in [-0.25, -0.2) is 4.79 Å². The number of carbonyl (C=O) groups is 1. The van der Waals surface area contributed by atoms with E-state index in [0.29, 0.717) is 0 Å². The van der Waals surface area contributed by atoms with Crippen molar-refractivity contribution in [2.75, 3.05) is 0 Å². The molecule has 0 heterocycles. The molecular formula is C9H9ClO2. The van der Waals surface area contributed by atoms with E-state index in [9.17, 15) is 4.79 Å². The lowest BCUT2D eigenvalue weighted by Crippen LogP contribution is -1.85. The van der Waals surface area contributed by atoms with Gasteiger partial charge in [-0.2, -0.15) is 0 Å². The third-order valence-corrected chi connectivity index (χ3v) is 1.22. The topological polar surface area (TPSA) is 37.3 Å². The van der Waals surface area contributed by atoms with Crippen LogP contribution in [0.25, 0.3) is 6.08 Å². The summed E-state index contributed by atoms with van der Waals surface area (Å²) in [5.74, 6) is -0.922. The second-order valence-electron chi connectivity index (χ2n) is 2.08. The first kappa shape index (κ1) is 10.7. The van der Waals surface area contributed by atoms with Crippen LogP contribution in [0, 0.1) is 0 Å². The Labute approximate surface area is 76.9 Å². The molecule has 0 saturated heterocycles. The van der Waals surface area contributed by atoms with Crippen LogP contribution < -0.4 is 0 Å². The second kappa shape index (κ2) is 5.38. The molecule has 0 fully saturated rings. The molecule has 1 N–H and O–H groups in total. The van der Waals surface area contributed by atoms with Crippen LogP contribution in [-0.4, -0.2) is 11.1 Å². The summed E-state index contributed by atoms with van der Waals surface area (Å²) < 4.78 is 0. The van der Waals surface area contributed by atoms with Crippen LogP contribution in [0.2, 0.25) is 0 Å². The van der Waals surface area contributed by atoms with Gasteiger partial charge in [0.05, 0.1) is 0 Å². The van der Waals surface area contributed by atoms with Crippen LogP contribution >= 0.6 is 12.4 Å². The average Bonchev–Trinajstić information content (AvgIpc) is 2.03. The monoisotopic (exact) mass is 184 g/mol. The van der Waals surface area contributed by atoms with Crippen molar-refractivity contribution in [3.8, 4) is 0 Å². The number of hydrogen-bond acceptors (Lipinski definition) is 1. The van der Waals surface area contributed by atoms with Crippen LogP contribution in [0.3, 0.4) is 0 Å². The van der Waals surface area contributed by atoms with Crippen molar-refractivity contribution in [3.63, 3.8) is 0 Å². The van der Waals surface area contributed by atoms with Gasteiger partial charge in [0.1, 0.15) is 0 Å². The summed E-state index contributed by atoms with van der Waals surface area (Å²) in [6.07, 6.45) is 2.68. The van der Waals surface area contributed by atoms with E-state index in [1.165, 1.54) is 0 Å². The maximum absolute atomic E-state index is 10.1. The molecule has 0 saturated carbocycles. The minimum absolute atomic E-state index is 0. The van der Waals surface area contributed by atoms with Gasteiger partial charge < -0.3 is 5.11 Å². The van der Waals surface area contributed by atoms with Crippen molar-refractivity contribution < 1.29 is 9.90 Å². The van der Waals surface area contributed by atoms with E-state index in [1.54, 1.807) is 6.08 Å². The van der Waals surface area contributed by atoms with Crippen molar-refractivity contribution in [1.29, 1.82) is 0 Å². The Hall–Kier alpha value is -1.28. The predicted molar refractivity (Wildman–Crippen MR) is 50.4 cm³/mol. The van der Waals surface area contributed by atoms with Gasteiger partial charge in [-0.15, -0.1) is 12.4 Å². The Morgan fingerprint density at radius 1 is 1.25 bits per heavy atom. The smallest absolute Gasteiger partial charge is 0.328 e. The Balaban J connectivity index is 0.00000121. The molecule has 1 aromatic carbocycles. The highest BCUT2D eigenvalue weighted by atomic mass is 35.5. The van der Waals surface area contributed by atoms with Crippen LogP contribution in [0.1, 0.15) is 5.56 Å². The lowest BCUT2D eigenvalue weighted by atomic mass is 10.2. The minimum Gasteiger partial charge on any atom is -0.478 e. The largest absolute Gasteiger partial charge is 0.478 e. The number of benzene rings is 1. The number of hydrogen-bond donors (Lipinski definition) is 1. The van der Waals surface area contributed by atoms with E-state index in [-0.39, 0.29) is 12.4 Å². The van der Waals surface area contributed by atoms with Crippen molar-refractivity contribution in [2.45, 2.75) is 0 Å². The third-order valence-electron chi connectivity index (χ3n) is 1.22. The molecule has 0 bridgehead atoms. The van der Waals surface area contributed by atoms with Gasteiger partial charge in [0, 0.05) is 6.08 Å². The zero-order chi connectivity index (χ0) is 8.10. The number of carboxylic acids is 1. The summed E-state index contributed by atoms with van der Waals surface area (Å²) in [6.45, 7) is 0. The van der Waals surface area contributed by atoms with Crippen LogP contribution in [-0.2, 0) is 4.79 Å².